The number of hydrogen-bond donors (Lipinski definition) is 0. The topological polar surface area (TPSA) is 24.9 Å². The van der Waals surface area contributed by atoms with E-state index in [9.17, 15) is 0 Å². The molecule has 20 rings (SSSR count). The van der Waals surface area contributed by atoms with E-state index >= 15 is 8.78 Å². The lowest BCUT2D eigenvalue weighted by Crippen LogP contribution is -2.29. The van der Waals surface area contributed by atoms with Crippen molar-refractivity contribution in [3.63, 3.8) is 0 Å². The molecule has 0 amide bonds. The molecular weight excluding hydrogens is 1350 g/mol. The fourth-order valence-electron chi connectivity index (χ4n) is 17.7. The lowest BCUT2D eigenvalue weighted by Gasteiger charge is -2.35. The van der Waals surface area contributed by atoms with Crippen LogP contribution in [0.5, 0.6) is 23.0 Å². The van der Waals surface area contributed by atoms with E-state index < -0.39 is 10.8 Å². The Balaban J connectivity index is 0.684. The highest BCUT2D eigenvalue weighted by Gasteiger charge is 2.49. The molecule has 0 saturated carbocycles. The van der Waals surface area contributed by atoms with Crippen LogP contribution < -0.4 is 19.3 Å². The minimum Gasteiger partial charge on any atom is -0.457 e. The van der Waals surface area contributed by atoms with Crippen molar-refractivity contribution >= 4 is 34.1 Å². The van der Waals surface area contributed by atoms with Crippen LogP contribution >= 0.6 is 0 Å². The first-order valence-electron chi connectivity index (χ1n) is 38.0. The summed E-state index contributed by atoms with van der Waals surface area (Å²) in [4.78, 5) is 4.35. The number of halogens is 2. The molecule has 2 atom stereocenters. The Morgan fingerprint density at radius 2 is 0.527 bits per heavy atom. The number of hydrogen-bond acceptors (Lipinski definition) is 4. The largest absolute Gasteiger partial charge is 0.457 e. The fraction of sp³-hybridized carbons (Fsp3) is 0.0769. The SMILES string of the molecule is Cc1ccc(N(c2ccc(-c3ccc(N(c4ccc(C)c(F)c4)c4ccc5c(c4)C(c4ccccc4)(c4ccc(Oc6ccc7c(c6)CC7)cc4)c4cc(-c6ccccc6)ccc4-5)cc3)cc2)c2ccc3c(c2)C(c2ccccc2)(c2ccc(Oc4ccc5c(c4)CC5)cc2)c2cc(-c4ccccc4)ccc2-3)cc1F. The highest BCUT2D eigenvalue weighted by atomic mass is 19.1. The zero-order chi connectivity index (χ0) is 73.6. The van der Waals surface area contributed by atoms with Gasteiger partial charge in [-0.15, -0.1) is 0 Å². The summed E-state index contributed by atoms with van der Waals surface area (Å²) in [6.07, 6.45) is 4.37. The predicted molar refractivity (Wildman–Crippen MR) is 444 cm³/mol. The quantitative estimate of drug-likeness (QED) is 0.0907. The van der Waals surface area contributed by atoms with Crippen LogP contribution in [0.4, 0.5) is 42.9 Å². The third kappa shape index (κ3) is 11.1. The molecular formula is C104H74F2N2O2. The van der Waals surface area contributed by atoms with Gasteiger partial charge in [0.1, 0.15) is 34.6 Å². The Bertz CT molecular complexity index is 5860. The van der Waals surface area contributed by atoms with E-state index in [1.54, 1.807) is 12.1 Å². The Kier molecular flexibility index (Phi) is 16.1. The van der Waals surface area contributed by atoms with Gasteiger partial charge in [0.15, 0.2) is 0 Å². The highest BCUT2D eigenvalue weighted by Crippen LogP contribution is 2.61. The molecule has 6 heteroatoms. The zero-order valence-electron chi connectivity index (χ0n) is 60.9. The average Bonchev–Trinajstić information content (AvgIpc) is 1.54. The van der Waals surface area contributed by atoms with Crippen molar-refractivity contribution in [2.75, 3.05) is 9.80 Å². The van der Waals surface area contributed by atoms with Crippen LogP contribution in [0.15, 0.2) is 364 Å². The maximum atomic E-state index is 16.3. The summed E-state index contributed by atoms with van der Waals surface area (Å²) in [7, 11) is 0. The Morgan fingerprint density at radius 3 is 0.882 bits per heavy atom. The molecule has 0 aromatic heterocycles. The Hall–Kier alpha value is -13.4. The molecule has 526 valence electrons. The van der Waals surface area contributed by atoms with Crippen LogP contribution in [0, 0.1) is 25.5 Å². The van der Waals surface area contributed by atoms with Crippen molar-refractivity contribution in [3.8, 4) is 78.6 Å². The van der Waals surface area contributed by atoms with E-state index in [4.69, 9.17) is 9.47 Å². The van der Waals surface area contributed by atoms with Gasteiger partial charge < -0.3 is 19.3 Å². The second-order valence-corrected chi connectivity index (χ2v) is 29.7. The minimum atomic E-state index is -0.802. The molecule has 2 unspecified atom stereocenters. The van der Waals surface area contributed by atoms with Gasteiger partial charge in [0.05, 0.1) is 10.8 Å². The average molecular weight is 1420 g/mol. The Labute approximate surface area is 640 Å². The molecule has 0 saturated heterocycles. The lowest BCUT2D eigenvalue weighted by atomic mass is 9.67. The molecule has 4 aliphatic rings. The maximum Gasteiger partial charge on any atom is 0.128 e. The molecule has 4 aliphatic carbocycles. The number of fused-ring (bicyclic) bond motifs is 8. The molecule has 0 N–H and O–H groups in total. The van der Waals surface area contributed by atoms with E-state index in [-0.39, 0.29) is 11.6 Å². The van der Waals surface area contributed by atoms with Crippen LogP contribution in [0.3, 0.4) is 0 Å². The van der Waals surface area contributed by atoms with E-state index in [1.807, 2.05) is 38.1 Å². The summed E-state index contributed by atoms with van der Waals surface area (Å²) in [5.74, 6) is 2.63. The number of rotatable bonds is 17. The Morgan fingerprint density at radius 1 is 0.236 bits per heavy atom. The van der Waals surface area contributed by atoms with Gasteiger partial charge in [-0.25, -0.2) is 8.78 Å². The molecule has 0 radical (unpaired) electrons. The van der Waals surface area contributed by atoms with Crippen molar-refractivity contribution in [3.05, 3.63) is 454 Å². The van der Waals surface area contributed by atoms with Gasteiger partial charge in [0.25, 0.3) is 0 Å². The zero-order valence-corrected chi connectivity index (χ0v) is 60.9. The first kappa shape index (κ1) is 66.0. The number of ether oxygens (including phenoxy) is 2. The van der Waals surface area contributed by atoms with Gasteiger partial charge in [-0.3, -0.25) is 0 Å². The predicted octanol–water partition coefficient (Wildman–Crippen LogP) is 27.0. The fourth-order valence-corrected chi connectivity index (χ4v) is 17.7. The van der Waals surface area contributed by atoms with Gasteiger partial charge in [-0.1, -0.05) is 231 Å². The molecule has 0 spiro atoms. The summed E-state index contributed by atoms with van der Waals surface area (Å²) >= 11 is 0. The maximum absolute atomic E-state index is 16.3. The third-order valence-electron chi connectivity index (χ3n) is 23.5. The molecule has 110 heavy (non-hydrogen) atoms. The van der Waals surface area contributed by atoms with Crippen LogP contribution in [0.1, 0.15) is 77.9 Å². The van der Waals surface area contributed by atoms with Crippen molar-refractivity contribution < 1.29 is 18.3 Å². The molecule has 0 fully saturated rings. The minimum absolute atomic E-state index is 0.288. The van der Waals surface area contributed by atoms with E-state index in [2.05, 4.69) is 337 Å². The second kappa shape index (κ2) is 26.8. The number of anilines is 6. The number of nitrogens with zero attached hydrogens (tertiary/aromatic N) is 2. The summed E-state index contributed by atoms with van der Waals surface area (Å²) < 4.78 is 45.9. The smallest absolute Gasteiger partial charge is 0.128 e. The van der Waals surface area contributed by atoms with Gasteiger partial charge in [0.2, 0.25) is 0 Å². The van der Waals surface area contributed by atoms with Crippen molar-refractivity contribution in [2.45, 2.75) is 50.4 Å². The van der Waals surface area contributed by atoms with Gasteiger partial charge in [0, 0.05) is 34.1 Å². The van der Waals surface area contributed by atoms with E-state index in [0.717, 1.165) is 160 Å². The molecule has 4 nitrogen and oxygen atoms in total. The van der Waals surface area contributed by atoms with Crippen LogP contribution in [-0.2, 0) is 36.5 Å². The van der Waals surface area contributed by atoms with Gasteiger partial charge in [-0.05, 0) is 307 Å². The number of aryl methyl sites for hydroxylation is 6. The first-order valence-corrected chi connectivity index (χ1v) is 38.0. The first-order chi connectivity index (χ1) is 54.1. The van der Waals surface area contributed by atoms with Gasteiger partial charge >= 0.3 is 0 Å². The molecule has 0 aliphatic heterocycles. The van der Waals surface area contributed by atoms with E-state index in [1.165, 1.54) is 33.4 Å². The second-order valence-electron chi connectivity index (χ2n) is 29.7. The van der Waals surface area contributed by atoms with Crippen molar-refractivity contribution in [2.24, 2.45) is 0 Å². The summed E-state index contributed by atoms with van der Waals surface area (Å²) in [6.45, 7) is 3.62. The number of benzene rings is 16. The van der Waals surface area contributed by atoms with Crippen molar-refractivity contribution in [1.29, 1.82) is 0 Å². The van der Waals surface area contributed by atoms with E-state index in [0.29, 0.717) is 22.5 Å². The molecule has 0 bridgehead atoms. The van der Waals surface area contributed by atoms with Crippen LogP contribution in [0.25, 0.3) is 55.6 Å². The van der Waals surface area contributed by atoms with Crippen molar-refractivity contribution in [1.82, 2.24) is 0 Å². The standard InChI is InChI=1S/C104H74F2N2O2/c1-67-23-41-87(65-101(67)105)107(85-47-57-95-93-55-35-77(69-15-7-3-8-16-69)61-97(93)103(99(95)63-85,79-19-11-5-12-20-79)81-37-51-89(52-38-81)109-91-49-33-73-25-27-75(73)59-91)83-43-29-71(30-44-83)72-31-45-84(46-32-72)108(88-42-24-68(2)102(106)66-88)86-48-58-96-94-56-36-78(70-17-9-4-10-18-70)62-98(94)104(100(96)64-86,80-21-13-6-14-22-80)82-39-53-90(54-40-82)110-92-50-34-74-26-28-76(74)60-92/h3-24,29-66H,25-28H2,1-2H3. The monoisotopic (exact) mass is 1420 g/mol. The van der Waals surface area contributed by atoms with Crippen LogP contribution in [0.2, 0.25) is 0 Å². The molecule has 16 aromatic rings. The third-order valence-corrected chi connectivity index (χ3v) is 23.5. The molecule has 0 heterocycles. The summed E-state index contributed by atoms with van der Waals surface area (Å²) in [6, 6.07) is 129. The molecule has 16 aromatic carbocycles. The summed E-state index contributed by atoms with van der Waals surface area (Å²) in [5.41, 5.74) is 29.9. The normalized spacial score (nSPS) is 15.2. The highest BCUT2D eigenvalue weighted by molar-refractivity contribution is 5.94. The van der Waals surface area contributed by atoms with Crippen LogP contribution in [-0.4, -0.2) is 0 Å². The lowest BCUT2D eigenvalue weighted by molar-refractivity contribution is 0.480. The summed E-state index contributed by atoms with van der Waals surface area (Å²) in [5, 5.41) is 0. The van der Waals surface area contributed by atoms with Gasteiger partial charge in [-0.2, -0.15) is 0 Å².